The van der Waals surface area contributed by atoms with Crippen LogP contribution in [0.4, 0.5) is 5.00 Å². The second kappa shape index (κ2) is 10.2. The molecule has 0 bridgehead atoms. The Morgan fingerprint density at radius 2 is 1.94 bits per heavy atom. The van der Waals surface area contributed by atoms with Gasteiger partial charge in [-0.1, -0.05) is 13.3 Å². The Balaban J connectivity index is 1.79. The molecule has 3 aromatic rings. The molecule has 32 heavy (non-hydrogen) atoms. The molecular weight excluding hydrogens is 424 g/mol. The molecule has 1 saturated heterocycles. The van der Waals surface area contributed by atoms with E-state index in [9.17, 15) is 4.79 Å². The summed E-state index contributed by atoms with van der Waals surface area (Å²) >= 11 is 1.63. The highest BCUT2D eigenvalue weighted by Crippen LogP contribution is 2.44. The van der Waals surface area contributed by atoms with Gasteiger partial charge in [0.1, 0.15) is 16.5 Å². The lowest BCUT2D eigenvalue weighted by atomic mass is 9.94. The van der Waals surface area contributed by atoms with Gasteiger partial charge in [0, 0.05) is 22.1 Å². The molecule has 1 aliphatic heterocycles. The van der Waals surface area contributed by atoms with Crippen LogP contribution in [0.15, 0.2) is 47.1 Å². The summed E-state index contributed by atoms with van der Waals surface area (Å²) in [7, 11) is 3.35. The molecule has 6 nitrogen and oxygen atoms in total. The number of benzene rings is 1. The number of ether oxygens (including phenoxy) is 2. The minimum atomic E-state index is -0.236. The molecule has 1 atom stereocenters. The van der Waals surface area contributed by atoms with Crippen molar-refractivity contribution in [1.82, 2.24) is 4.90 Å². The molecule has 1 amide bonds. The number of thiophene rings is 1. The normalized spacial score (nSPS) is 15.3. The Morgan fingerprint density at radius 3 is 2.59 bits per heavy atom. The summed E-state index contributed by atoms with van der Waals surface area (Å²) in [5.74, 6) is 1.61. The Kier molecular flexibility index (Phi) is 7.17. The molecule has 0 radical (unpaired) electrons. The first kappa shape index (κ1) is 22.4. The van der Waals surface area contributed by atoms with E-state index in [4.69, 9.17) is 13.9 Å². The Morgan fingerprint density at radius 1 is 1.12 bits per heavy atom. The fourth-order valence-electron chi connectivity index (χ4n) is 4.29. The van der Waals surface area contributed by atoms with Crippen molar-refractivity contribution in [3.63, 3.8) is 0 Å². The molecule has 1 N–H and O–H groups in total. The fourth-order valence-corrected chi connectivity index (χ4v) is 5.31. The number of hydrogen-bond acceptors (Lipinski definition) is 6. The SMILES string of the molecule is CCc1cc([C@H](c2ccc(OC)cc2OC)N2CCCCC2)c(NC(=O)c2ccco2)s1. The van der Waals surface area contributed by atoms with Crippen LogP contribution in [0.2, 0.25) is 0 Å². The van der Waals surface area contributed by atoms with Crippen LogP contribution in [0.5, 0.6) is 11.5 Å². The number of nitrogens with zero attached hydrogens (tertiary/aromatic N) is 1. The van der Waals surface area contributed by atoms with Crippen LogP contribution in [0.25, 0.3) is 0 Å². The number of methoxy groups -OCH3 is 2. The Labute approximate surface area is 193 Å². The lowest BCUT2D eigenvalue weighted by Crippen LogP contribution is -2.34. The summed E-state index contributed by atoms with van der Waals surface area (Å²) < 4.78 is 16.5. The van der Waals surface area contributed by atoms with E-state index in [2.05, 4.69) is 29.3 Å². The molecule has 170 valence electrons. The highest BCUT2D eigenvalue weighted by Gasteiger charge is 2.31. The smallest absolute Gasteiger partial charge is 0.291 e. The van der Waals surface area contributed by atoms with Crippen molar-refractivity contribution in [2.75, 3.05) is 32.6 Å². The first-order valence-electron chi connectivity index (χ1n) is 11.1. The van der Waals surface area contributed by atoms with E-state index >= 15 is 0 Å². The van der Waals surface area contributed by atoms with Crippen LogP contribution in [0.3, 0.4) is 0 Å². The third-order valence-corrected chi connectivity index (χ3v) is 7.13. The van der Waals surface area contributed by atoms with Crippen LogP contribution < -0.4 is 14.8 Å². The second-order valence-electron chi connectivity index (χ2n) is 7.89. The number of aryl methyl sites for hydroxylation is 1. The Bertz CT molecular complexity index is 1040. The zero-order chi connectivity index (χ0) is 22.5. The zero-order valence-corrected chi connectivity index (χ0v) is 19.7. The second-order valence-corrected chi connectivity index (χ2v) is 9.03. The monoisotopic (exact) mass is 454 g/mol. The maximum Gasteiger partial charge on any atom is 0.291 e. The molecule has 4 rings (SSSR count). The van der Waals surface area contributed by atoms with E-state index < -0.39 is 0 Å². The van der Waals surface area contributed by atoms with E-state index in [0.29, 0.717) is 5.76 Å². The predicted octanol–water partition coefficient (Wildman–Crippen LogP) is 5.75. The first-order chi connectivity index (χ1) is 15.6. The molecule has 1 fully saturated rings. The van der Waals surface area contributed by atoms with Crippen LogP contribution >= 0.6 is 11.3 Å². The van der Waals surface area contributed by atoms with Crippen molar-refractivity contribution in [3.05, 3.63) is 64.4 Å². The van der Waals surface area contributed by atoms with Crippen LogP contribution in [-0.2, 0) is 6.42 Å². The number of rotatable bonds is 8. The summed E-state index contributed by atoms with van der Waals surface area (Å²) in [6, 6.07) is 11.6. The van der Waals surface area contributed by atoms with E-state index in [1.54, 1.807) is 37.7 Å². The highest BCUT2D eigenvalue weighted by atomic mass is 32.1. The molecule has 0 saturated carbocycles. The molecule has 0 unspecified atom stereocenters. The summed E-state index contributed by atoms with van der Waals surface area (Å²) in [6.07, 6.45) is 5.98. The maximum absolute atomic E-state index is 12.8. The average molecular weight is 455 g/mol. The summed E-state index contributed by atoms with van der Waals surface area (Å²) in [6.45, 7) is 4.14. The number of nitrogens with one attached hydrogen (secondary N) is 1. The Hall–Kier alpha value is -2.77. The van der Waals surface area contributed by atoms with E-state index in [-0.39, 0.29) is 11.9 Å². The zero-order valence-electron chi connectivity index (χ0n) is 18.8. The van der Waals surface area contributed by atoms with Crippen LogP contribution in [-0.4, -0.2) is 38.1 Å². The fraction of sp³-hybridized carbons (Fsp3) is 0.400. The van der Waals surface area contributed by atoms with Crippen molar-refractivity contribution in [3.8, 4) is 11.5 Å². The molecule has 0 spiro atoms. The molecule has 1 aromatic carbocycles. The topological polar surface area (TPSA) is 63.9 Å². The maximum atomic E-state index is 12.8. The van der Waals surface area contributed by atoms with Gasteiger partial charge >= 0.3 is 0 Å². The number of likely N-dealkylation sites (tertiary alicyclic amines) is 1. The predicted molar refractivity (Wildman–Crippen MR) is 127 cm³/mol. The molecule has 0 aliphatic carbocycles. The number of amides is 1. The molecule has 2 aromatic heterocycles. The standard InChI is InChI=1S/C25H30N2O4S/c1-4-18-16-20(25(32-18)26-24(28)21-9-8-14-31-21)23(27-12-6-5-7-13-27)19-11-10-17(29-2)15-22(19)30-3/h8-11,14-16,23H,4-7,12-13H2,1-3H3,(H,26,28)/t23-/m0/s1. The molecule has 3 heterocycles. The van der Waals surface area contributed by atoms with Gasteiger partial charge in [-0.3, -0.25) is 9.69 Å². The third kappa shape index (κ3) is 4.69. The van der Waals surface area contributed by atoms with E-state index in [1.165, 1.54) is 17.6 Å². The number of hydrogen-bond donors (Lipinski definition) is 1. The summed E-state index contributed by atoms with van der Waals surface area (Å²) in [5, 5.41) is 3.97. The first-order valence-corrected chi connectivity index (χ1v) is 11.9. The number of anilines is 1. The van der Waals surface area contributed by atoms with Crippen LogP contribution in [0.1, 0.15) is 58.8 Å². The quantitative estimate of drug-likeness (QED) is 0.470. The van der Waals surface area contributed by atoms with Gasteiger partial charge in [0.15, 0.2) is 5.76 Å². The number of carbonyl (C=O) groups is 1. The van der Waals surface area contributed by atoms with Gasteiger partial charge in [0.2, 0.25) is 0 Å². The van der Waals surface area contributed by atoms with Gasteiger partial charge in [-0.05, 0) is 62.7 Å². The van der Waals surface area contributed by atoms with Crippen molar-refractivity contribution < 1.29 is 18.7 Å². The van der Waals surface area contributed by atoms with Crippen molar-refractivity contribution in [2.45, 2.75) is 38.6 Å². The van der Waals surface area contributed by atoms with Gasteiger partial charge in [-0.15, -0.1) is 11.3 Å². The largest absolute Gasteiger partial charge is 0.497 e. The lowest BCUT2D eigenvalue weighted by molar-refractivity contribution is 0.0996. The number of carbonyl (C=O) groups excluding carboxylic acids is 1. The minimum Gasteiger partial charge on any atom is -0.497 e. The summed E-state index contributed by atoms with van der Waals surface area (Å²) in [5.41, 5.74) is 2.17. The highest BCUT2D eigenvalue weighted by molar-refractivity contribution is 7.16. The lowest BCUT2D eigenvalue weighted by Gasteiger charge is -2.36. The van der Waals surface area contributed by atoms with Crippen molar-refractivity contribution in [1.29, 1.82) is 0 Å². The molecular formula is C25H30N2O4S. The van der Waals surface area contributed by atoms with Gasteiger partial charge in [0.05, 0.1) is 26.5 Å². The minimum absolute atomic E-state index is 0.0281. The number of piperidine rings is 1. The van der Waals surface area contributed by atoms with E-state index in [0.717, 1.165) is 60.0 Å². The molecule has 7 heteroatoms. The van der Waals surface area contributed by atoms with Gasteiger partial charge < -0.3 is 19.2 Å². The molecule has 1 aliphatic rings. The van der Waals surface area contributed by atoms with Crippen molar-refractivity contribution >= 4 is 22.2 Å². The number of furan rings is 1. The van der Waals surface area contributed by atoms with Gasteiger partial charge in [-0.25, -0.2) is 0 Å². The average Bonchev–Trinajstić information content (AvgIpc) is 3.51. The van der Waals surface area contributed by atoms with Crippen molar-refractivity contribution in [2.24, 2.45) is 0 Å². The van der Waals surface area contributed by atoms with Gasteiger partial charge in [0.25, 0.3) is 5.91 Å². The van der Waals surface area contributed by atoms with Crippen LogP contribution in [0, 0.1) is 0 Å². The third-order valence-electron chi connectivity index (χ3n) is 5.92. The van der Waals surface area contributed by atoms with Gasteiger partial charge in [-0.2, -0.15) is 0 Å². The van der Waals surface area contributed by atoms with E-state index in [1.807, 2.05) is 12.1 Å². The summed E-state index contributed by atoms with van der Waals surface area (Å²) in [4.78, 5) is 16.5.